The molecule has 4 nitrogen and oxygen atoms in total. The van der Waals surface area contributed by atoms with Crippen LogP contribution in [0.15, 0.2) is 24.3 Å². The van der Waals surface area contributed by atoms with Gasteiger partial charge in [0.1, 0.15) is 6.42 Å². The molecule has 0 saturated carbocycles. The molecule has 0 radical (unpaired) electrons. The molecule has 0 unspecified atom stereocenters. The summed E-state index contributed by atoms with van der Waals surface area (Å²) in [5.74, 6) is -2.62. The minimum absolute atomic E-state index is 0. The minimum atomic E-state index is -1.31. The Labute approximate surface area is 145 Å². The molecule has 0 aliphatic heterocycles. The van der Waals surface area contributed by atoms with Crippen molar-refractivity contribution in [3.63, 3.8) is 0 Å². The maximum atomic E-state index is 9.43. The summed E-state index contributed by atoms with van der Waals surface area (Å²) in [5, 5.41) is 15.4. The van der Waals surface area contributed by atoms with Crippen LogP contribution in [0.2, 0.25) is 0 Å². The van der Waals surface area contributed by atoms with Crippen molar-refractivity contribution in [1.29, 1.82) is 0 Å². The van der Waals surface area contributed by atoms with Crippen molar-refractivity contribution in [3.05, 3.63) is 29.8 Å². The SMILES string of the molecule is O=C(O)CC(=O)O.[Li][c]1ccccc1C(C)(C)C.[NaH]. The van der Waals surface area contributed by atoms with Gasteiger partial charge in [-0.15, -0.1) is 0 Å². The molecule has 1 aromatic carbocycles. The summed E-state index contributed by atoms with van der Waals surface area (Å²) in [6.45, 7) is 6.74. The Balaban J connectivity index is 0. The molecule has 0 amide bonds. The summed E-state index contributed by atoms with van der Waals surface area (Å²) in [7, 11) is 0. The summed E-state index contributed by atoms with van der Waals surface area (Å²) in [6, 6.07) is 8.56. The predicted molar refractivity (Wildman–Crippen MR) is 77.6 cm³/mol. The Morgan fingerprint density at radius 2 is 1.53 bits per heavy atom. The van der Waals surface area contributed by atoms with Crippen LogP contribution in [0.4, 0.5) is 0 Å². The van der Waals surface area contributed by atoms with Gasteiger partial charge >= 0.3 is 119 Å². The molecule has 0 aliphatic rings. The van der Waals surface area contributed by atoms with Crippen LogP contribution in [0.3, 0.4) is 0 Å². The van der Waals surface area contributed by atoms with Crippen molar-refractivity contribution < 1.29 is 19.8 Å². The fraction of sp³-hybridized carbons (Fsp3) is 0.385. The van der Waals surface area contributed by atoms with Gasteiger partial charge in [-0.1, -0.05) is 0 Å². The number of hydrogen-bond donors (Lipinski definition) is 2. The second-order valence-electron chi connectivity index (χ2n) is 5.03. The molecule has 0 bridgehead atoms. The van der Waals surface area contributed by atoms with Crippen LogP contribution in [-0.4, -0.2) is 69.4 Å². The van der Waals surface area contributed by atoms with Crippen LogP contribution in [-0.2, 0) is 15.0 Å². The van der Waals surface area contributed by atoms with Crippen LogP contribution in [0.1, 0.15) is 32.8 Å². The van der Waals surface area contributed by atoms with Gasteiger partial charge in [0.25, 0.3) is 0 Å². The molecule has 0 heterocycles. The van der Waals surface area contributed by atoms with Crippen LogP contribution in [0.5, 0.6) is 0 Å². The van der Waals surface area contributed by atoms with E-state index in [1.807, 2.05) is 0 Å². The molecular weight excluding hydrogens is 250 g/mol. The van der Waals surface area contributed by atoms with E-state index in [4.69, 9.17) is 10.2 Å². The summed E-state index contributed by atoms with van der Waals surface area (Å²) in [5.41, 5.74) is 1.73. The van der Waals surface area contributed by atoms with Crippen LogP contribution < -0.4 is 4.24 Å². The molecule has 0 spiro atoms. The topological polar surface area (TPSA) is 74.6 Å². The van der Waals surface area contributed by atoms with Gasteiger partial charge in [-0.2, -0.15) is 0 Å². The van der Waals surface area contributed by atoms with E-state index in [9.17, 15) is 9.59 Å². The van der Waals surface area contributed by atoms with Gasteiger partial charge < -0.3 is 10.2 Å². The fourth-order valence-electron chi connectivity index (χ4n) is 1.54. The van der Waals surface area contributed by atoms with Crippen LogP contribution in [0.25, 0.3) is 0 Å². The molecular formula is C13H18LiNaO4. The Hall–Kier alpha value is -0.243. The number of hydrogen-bond acceptors (Lipinski definition) is 2. The predicted octanol–water partition coefficient (Wildman–Crippen LogP) is 0.675. The van der Waals surface area contributed by atoms with Crippen molar-refractivity contribution in [2.45, 2.75) is 32.6 Å². The van der Waals surface area contributed by atoms with Gasteiger partial charge in [0, 0.05) is 0 Å². The monoisotopic (exact) mass is 268 g/mol. The van der Waals surface area contributed by atoms with E-state index in [0.29, 0.717) is 0 Å². The second-order valence-corrected chi connectivity index (χ2v) is 5.03. The molecule has 0 aromatic heterocycles. The third-order valence-electron chi connectivity index (χ3n) is 2.26. The Morgan fingerprint density at radius 3 is 1.74 bits per heavy atom. The van der Waals surface area contributed by atoms with Gasteiger partial charge in [0.05, 0.1) is 0 Å². The molecule has 0 atom stereocenters. The fourth-order valence-corrected chi connectivity index (χ4v) is 1.54. The van der Waals surface area contributed by atoms with E-state index in [1.54, 1.807) is 0 Å². The van der Waals surface area contributed by atoms with E-state index in [0.717, 1.165) is 0 Å². The Kier molecular flexibility index (Phi) is 10.7. The van der Waals surface area contributed by atoms with E-state index in [2.05, 4.69) is 62.8 Å². The van der Waals surface area contributed by atoms with E-state index in [-0.39, 0.29) is 35.0 Å². The normalized spacial score (nSPS) is 9.74. The number of carbonyl (C=O) groups is 2. The molecule has 0 aliphatic carbocycles. The summed E-state index contributed by atoms with van der Waals surface area (Å²) in [6.07, 6.45) is -0.806. The molecule has 96 valence electrons. The molecule has 6 heteroatoms. The molecule has 1 rings (SSSR count). The summed E-state index contributed by atoms with van der Waals surface area (Å²) in [4.78, 5) is 18.9. The van der Waals surface area contributed by atoms with Gasteiger partial charge in [0.15, 0.2) is 0 Å². The van der Waals surface area contributed by atoms with Crippen molar-refractivity contribution in [3.8, 4) is 0 Å². The van der Waals surface area contributed by atoms with E-state index >= 15 is 0 Å². The van der Waals surface area contributed by atoms with Gasteiger partial charge in [-0.25, -0.2) is 0 Å². The van der Waals surface area contributed by atoms with Crippen molar-refractivity contribution >= 4 is 63.4 Å². The van der Waals surface area contributed by atoms with Crippen LogP contribution >= 0.6 is 0 Å². The first kappa shape index (κ1) is 21.1. The van der Waals surface area contributed by atoms with Crippen molar-refractivity contribution in [1.82, 2.24) is 0 Å². The molecule has 0 fully saturated rings. The quantitative estimate of drug-likeness (QED) is 0.611. The zero-order valence-corrected chi connectivity index (χ0v) is 11.2. The van der Waals surface area contributed by atoms with Gasteiger partial charge in [-0.05, 0) is 0 Å². The zero-order valence-electron chi connectivity index (χ0n) is 11.2. The van der Waals surface area contributed by atoms with Gasteiger partial charge in [0.2, 0.25) is 0 Å². The standard InChI is InChI=1S/C10H13.C3H4O4.Li.Na.H/c1-10(2,3)9-7-5-4-6-8-9;4-2(5)1-3(6)7;;;/h4-7H,1-3H3;1H2,(H,4,5)(H,6,7);;;. The zero-order chi connectivity index (χ0) is 14.3. The Bertz CT molecular complexity index is 415. The second kappa shape index (κ2) is 9.63. The summed E-state index contributed by atoms with van der Waals surface area (Å²) < 4.78 is 1.39. The molecule has 19 heavy (non-hydrogen) atoms. The maximum absolute atomic E-state index is 9.43. The third-order valence-corrected chi connectivity index (χ3v) is 2.26. The number of rotatable bonds is 2. The number of aliphatic carboxylic acids is 2. The van der Waals surface area contributed by atoms with Gasteiger partial charge in [-0.3, -0.25) is 9.59 Å². The van der Waals surface area contributed by atoms with E-state index < -0.39 is 18.4 Å². The molecule has 2 N–H and O–H groups in total. The first-order valence-corrected chi connectivity index (χ1v) is 5.64. The number of carboxylic acids is 2. The average molecular weight is 268 g/mol. The Morgan fingerprint density at radius 1 is 1.11 bits per heavy atom. The number of benzene rings is 1. The van der Waals surface area contributed by atoms with Crippen molar-refractivity contribution in [2.24, 2.45) is 0 Å². The van der Waals surface area contributed by atoms with Crippen LogP contribution in [0, 0.1) is 0 Å². The van der Waals surface area contributed by atoms with E-state index in [1.165, 1.54) is 9.80 Å². The number of carboxylic acid groups (broad SMARTS) is 2. The third kappa shape index (κ3) is 10.2. The summed E-state index contributed by atoms with van der Waals surface area (Å²) >= 11 is 2.17. The first-order chi connectivity index (χ1) is 8.14. The molecule has 0 saturated heterocycles. The average Bonchev–Trinajstić information content (AvgIpc) is 2.14. The molecule has 1 aromatic rings. The van der Waals surface area contributed by atoms with Crippen molar-refractivity contribution in [2.75, 3.05) is 0 Å². The first-order valence-electron chi connectivity index (χ1n) is 5.64.